The van der Waals surface area contributed by atoms with Crippen molar-refractivity contribution >= 4 is 23.4 Å². The normalized spacial score (nSPS) is 14.9. The van der Waals surface area contributed by atoms with E-state index < -0.39 is 0 Å². The quantitative estimate of drug-likeness (QED) is 0.762. The van der Waals surface area contributed by atoms with Crippen LogP contribution in [0.15, 0.2) is 42.5 Å². The number of methoxy groups -OCH3 is 1. The van der Waals surface area contributed by atoms with Crippen molar-refractivity contribution < 1.29 is 14.3 Å². The Kier molecular flexibility index (Phi) is 7.23. The number of carbonyl (C=O) groups is 2. The smallest absolute Gasteiger partial charge is 0.253 e. The third kappa shape index (κ3) is 6.21. The summed E-state index contributed by atoms with van der Waals surface area (Å²) < 4.78 is 5.43. The predicted molar refractivity (Wildman–Crippen MR) is 123 cm³/mol. The molecule has 1 N–H and O–H groups in total. The maximum absolute atomic E-state index is 12.9. The fourth-order valence-electron chi connectivity index (χ4n) is 3.58. The van der Waals surface area contributed by atoms with Gasteiger partial charge >= 0.3 is 0 Å². The van der Waals surface area contributed by atoms with Gasteiger partial charge in [0.25, 0.3) is 11.8 Å². The van der Waals surface area contributed by atoms with E-state index in [1.807, 2.05) is 43.9 Å². The lowest BCUT2D eigenvalue weighted by molar-refractivity contribution is 0.0627. The van der Waals surface area contributed by atoms with E-state index >= 15 is 0 Å². The number of halogens is 1. The molecule has 6 nitrogen and oxygen atoms in total. The van der Waals surface area contributed by atoms with Crippen LogP contribution in [0.4, 0.5) is 0 Å². The van der Waals surface area contributed by atoms with E-state index in [0.717, 1.165) is 30.9 Å². The molecule has 0 bridgehead atoms. The lowest BCUT2D eigenvalue weighted by Gasteiger charge is -2.35. The molecule has 1 aliphatic heterocycles. The second-order valence-corrected chi connectivity index (χ2v) is 9.24. The van der Waals surface area contributed by atoms with Crippen LogP contribution in [0, 0.1) is 0 Å². The summed E-state index contributed by atoms with van der Waals surface area (Å²) in [5.41, 5.74) is 1.88. The third-order valence-corrected chi connectivity index (χ3v) is 5.41. The van der Waals surface area contributed by atoms with Crippen molar-refractivity contribution in [1.29, 1.82) is 0 Å². The van der Waals surface area contributed by atoms with E-state index in [4.69, 9.17) is 16.3 Å². The summed E-state index contributed by atoms with van der Waals surface area (Å²) in [5.74, 6) is 0.665. The van der Waals surface area contributed by atoms with Crippen LogP contribution in [0.1, 0.15) is 47.1 Å². The SMILES string of the molecule is COc1ccc(Cl)cc1CN1CCN(C(=O)c2ccc(C(=O)NC(C)(C)C)cc2)CC1. The Balaban J connectivity index is 1.57. The molecule has 0 spiro atoms. The standard InChI is InChI=1S/C24H30ClN3O3/c1-24(2,3)26-22(29)17-5-7-18(8-6-17)23(30)28-13-11-27(12-14-28)16-19-15-20(25)9-10-21(19)31-4/h5-10,15H,11-14,16H2,1-4H3,(H,26,29). The highest BCUT2D eigenvalue weighted by Crippen LogP contribution is 2.24. The topological polar surface area (TPSA) is 61.9 Å². The molecule has 7 heteroatoms. The fraction of sp³-hybridized carbons (Fsp3) is 0.417. The third-order valence-electron chi connectivity index (χ3n) is 5.18. The van der Waals surface area contributed by atoms with Crippen molar-refractivity contribution in [2.75, 3.05) is 33.3 Å². The van der Waals surface area contributed by atoms with Crippen molar-refractivity contribution in [3.63, 3.8) is 0 Å². The van der Waals surface area contributed by atoms with Gasteiger partial charge in [0.1, 0.15) is 5.75 Å². The van der Waals surface area contributed by atoms with Gasteiger partial charge in [-0.15, -0.1) is 0 Å². The van der Waals surface area contributed by atoms with E-state index in [-0.39, 0.29) is 17.4 Å². The molecular weight excluding hydrogens is 414 g/mol. The number of nitrogens with zero attached hydrogens (tertiary/aromatic N) is 2. The van der Waals surface area contributed by atoms with Gasteiger partial charge in [-0.3, -0.25) is 14.5 Å². The van der Waals surface area contributed by atoms with Crippen molar-refractivity contribution in [3.8, 4) is 5.75 Å². The maximum atomic E-state index is 12.9. The average Bonchev–Trinajstić information content (AvgIpc) is 2.73. The molecule has 1 fully saturated rings. The number of carbonyl (C=O) groups excluding carboxylic acids is 2. The van der Waals surface area contributed by atoms with E-state index in [1.54, 1.807) is 31.4 Å². The molecule has 1 aliphatic rings. The molecule has 31 heavy (non-hydrogen) atoms. The van der Waals surface area contributed by atoms with Crippen molar-refractivity contribution in [3.05, 3.63) is 64.2 Å². The second kappa shape index (κ2) is 9.71. The first kappa shape index (κ1) is 23.1. The molecule has 2 amide bonds. The molecule has 0 radical (unpaired) electrons. The molecule has 0 aromatic heterocycles. The highest BCUT2D eigenvalue weighted by atomic mass is 35.5. The molecule has 0 aliphatic carbocycles. The molecule has 0 saturated carbocycles. The van der Waals surface area contributed by atoms with Gasteiger partial charge in [0, 0.05) is 60.0 Å². The Bertz CT molecular complexity index is 930. The van der Waals surface area contributed by atoms with Crippen LogP contribution in [0.25, 0.3) is 0 Å². The number of benzene rings is 2. The highest BCUT2D eigenvalue weighted by molar-refractivity contribution is 6.30. The van der Waals surface area contributed by atoms with E-state index in [9.17, 15) is 9.59 Å². The van der Waals surface area contributed by atoms with Crippen LogP contribution in [0.3, 0.4) is 0 Å². The summed E-state index contributed by atoms with van der Waals surface area (Å²) in [4.78, 5) is 29.3. The lowest BCUT2D eigenvalue weighted by atomic mass is 10.1. The zero-order chi connectivity index (χ0) is 22.6. The first-order valence-corrected chi connectivity index (χ1v) is 10.8. The summed E-state index contributed by atoms with van der Waals surface area (Å²) in [7, 11) is 1.65. The Hall–Kier alpha value is -2.57. The van der Waals surface area contributed by atoms with Crippen LogP contribution >= 0.6 is 11.6 Å². The zero-order valence-electron chi connectivity index (χ0n) is 18.6. The average molecular weight is 444 g/mol. The molecule has 0 unspecified atom stereocenters. The van der Waals surface area contributed by atoms with Gasteiger partial charge in [-0.1, -0.05) is 11.6 Å². The molecule has 166 valence electrons. The van der Waals surface area contributed by atoms with Crippen molar-refractivity contribution in [1.82, 2.24) is 15.1 Å². The predicted octanol–water partition coefficient (Wildman–Crippen LogP) is 3.83. The first-order chi connectivity index (χ1) is 14.7. The van der Waals surface area contributed by atoms with Crippen LogP contribution in [0.2, 0.25) is 5.02 Å². The molecule has 1 saturated heterocycles. The molecule has 3 rings (SSSR count). The maximum Gasteiger partial charge on any atom is 0.253 e. The number of rotatable bonds is 5. The zero-order valence-corrected chi connectivity index (χ0v) is 19.3. The Labute approximate surface area is 189 Å². The van der Waals surface area contributed by atoms with Gasteiger partial charge in [-0.05, 0) is 63.2 Å². The van der Waals surface area contributed by atoms with E-state index in [0.29, 0.717) is 29.2 Å². The minimum atomic E-state index is -0.305. The number of nitrogens with one attached hydrogen (secondary N) is 1. The number of hydrogen-bond acceptors (Lipinski definition) is 4. The van der Waals surface area contributed by atoms with Crippen LogP contribution in [-0.2, 0) is 6.54 Å². The summed E-state index contributed by atoms with van der Waals surface area (Å²) in [6.45, 7) is 9.37. The second-order valence-electron chi connectivity index (χ2n) is 8.81. The molecule has 1 heterocycles. The van der Waals surface area contributed by atoms with Crippen molar-refractivity contribution in [2.45, 2.75) is 32.9 Å². The summed E-state index contributed by atoms with van der Waals surface area (Å²) in [6.07, 6.45) is 0. The van der Waals surface area contributed by atoms with Gasteiger partial charge in [0.15, 0.2) is 0 Å². The Morgan fingerprint density at radius 2 is 1.61 bits per heavy atom. The minimum absolute atomic E-state index is 0.0113. The van der Waals surface area contributed by atoms with E-state index in [2.05, 4.69) is 10.2 Å². The summed E-state index contributed by atoms with van der Waals surface area (Å²) in [6, 6.07) is 12.5. The minimum Gasteiger partial charge on any atom is -0.496 e. The first-order valence-electron chi connectivity index (χ1n) is 10.4. The van der Waals surface area contributed by atoms with Crippen molar-refractivity contribution in [2.24, 2.45) is 0 Å². The number of piperazine rings is 1. The number of hydrogen-bond donors (Lipinski definition) is 1. The number of amides is 2. The Morgan fingerprint density at radius 1 is 1.00 bits per heavy atom. The number of ether oxygens (including phenoxy) is 1. The van der Waals surface area contributed by atoms with Gasteiger partial charge in [-0.25, -0.2) is 0 Å². The largest absolute Gasteiger partial charge is 0.496 e. The lowest BCUT2D eigenvalue weighted by Crippen LogP contribution is -2.48. The molecule has 2 aromatic carbocycles. The van der Waals surface area contributed by atoms with E-state index in [1.165, 1.54) is 0 Å². The summed E-state index contributed by atoms with van der Waals surface area (Å²) >= 11 is 6.13. The Morgan fingerprint density at radius 3 is 2.19 bits per heavy atom. The highest BCUT2D eigenvalue weighted by Gasteiger charge is 2.23. The molecular formula is C24H30ClN3O3. The molecule has 2 aromatic rings. The van der Waals surface area contributed by atoms with Gasteiger partial charge < -0.3 is 15.0 Å². The van der Waals surface area contributed by atoms with Gasteiger partial charge in [0.2, 0.25) is 0 Å². The van der Waals surface area contributed by atoms with Crippen LogP contribution in [-0.4, -0.2) is 60.4 Å². The van der Waals surface area contributed by atoms with Crippen LogP contribution in [0.5, 0.6) is 5.75 Å². The van der Waals surface area contributed by atoms with Gasteiger partial charge in [-0.2, -0.15) is 0 Å². The molecule has 0 atom stereocenters. The van der Waals surface area contributed by atoms with Crippen LogP contribution < -0.4 is 10.1 Å². The fourth-order valence-corrected chi connectivity index (χ4v) is 3.77. The summed E-state index contributed by atoms with van der Waals surface area (Å²) in [5, 5.41) is 3.61. The monoisotopic (exact) mass is 443 g/mol. The van der Waals surface area contributed by atoms with Gasteiger partial charge in [0.05, 0.1) is 7.11 Å².